The quantitative estimate of drug-likeness (QED) is 0.293. The van der Waals surface area contributed by atoms with Crippen LogP contribution in [-0.2, 0) is 5.41 Å². The molecule has 29 heavy (non-hydrogen) atoms. The topological polar surface area (TPSA) is 28.9 Å². The number of para-hydroxylation sites is 2. The van der Waals surface area contributed by atoms with Gasteiger partial charge in [-0.3, -0.25) is 0 Å². The number of aromatic amines is 1. The zero-order valence-electron chi connectivity index (χ0n) is 16.3. The summed E-state index contributed by atoms with van der Waals surface area (Å²) in [6, 6.07) is 26.0. The number of rotatable bonds is 0. The van der Waals surface area contributed by atoms with Crippen LogP contribution in [0.2, 0.25) is 0 Å². The minimum atomic E-state index is -0.150. The van der Waals surface area contributed by atoms with Gasteiger partial charge in [0, 0.05) is 43.6 Å². The van der Waals surface area contributed by atoms with Crippen molar-refractivity contribution in [2.24, 2.45) is 0 Å². The zero-order chi connectivity index (χ0) is 19.3. The first kappa shape index (κ1) is 15.4. The van der Waals surface area contributed by atoms with Crippen molar-refractivity contribution in [3.63, 3.8) is 0 Å². The van der Waals surface area contributed by atoms with E-state index in [0.29, 0.717) is 0 Å². The van der Waals surface area contributed by atoms with Crippen LogP contribution in [0.3, 0.4) is 0 Å². The van der Waals surface area contributed by atoms with E-state index in [0.717, 1.165) is 11.2 Å². The molecule has 4 aromatic carbocycles. The Hall–Kier alpha value is -3.52. The number of fused-ring (bicyclic) bond motifs is 11. The summed E-state index contributed by atoms with van der Waals surface area (Å²) in [5.41, 5.74) is 9.55. The Kier molecular flexibility index (Phi) is 2.60. The van der Waals surface area contributed by atoms with Gasteiger partial charge in [0.25, 0.3) is 0 Å². The van der Waals surface area contributed by atoms with Gasteiger partial charge in [-0.05, 0) is 41.0 Å². The summed E-state index contributed by atoms with van der Waals surface area (Å²) in [4.78, 5) is 3.61. The zero-order valence-corrected chi connectivity index (χ0v) is 16.3. The number of hydrogen-bond donors (Lipinski definition) is 1. The van der Waals surface area contributed by atoms with Gasteiger partial charge < -0.3 is 9.40 Å². The van der Waals surface area contributed by atoms with Gasteiger partial charge in [-0.25, -0.2) is 0 Å². The van der Waals surface area contributed by atoms with Crippen molar-refractivity contribution in [3.8, 4) is 11.1 Å². The monoisotopic (exact) mass is 373 g/mol. The Morgan fingerprint density at radius 2 is 1.38 bits per heavy atom. The van der Waals surface area contributed by atoms with E-state index in [2.05, 4.69) is 85.6 Å². The Labute approximate surface area is 167 Å². The maximum Gasteiger partial charge on any atom is 0.140 e. The van der Waals surface area contributed by atoms with E-state index in [9.17, 15) is 0 Å². The second-order valence-corrected chi connectivity index (χ2v) is 8.67. The Morgan fingerprint density at radius 3 is 2.28 bits per heavy atom. The van der Waals surface area contributed by atoms with Gasteiger partial charge >= 0.3 is 0 Å². The third-order valence-electron chi connectivity index (χ3n) is 6.76. The lowest BCUT2D eigenvalue weighted by Gasteiger charge is -2.22. The standard InChI is InChI=1S/C27H19NO/c1-27(2)24-16(13-14-21-23(24)19-8-3-5-9-20(19)28-21)17-11-12-18-15-7-4-6-10-22(15)29-26(18)25(17)27/h3-14,28H,1-2H3. The number of hydrogen-bond acceptors (Lipinski definition) is 1. The molecular formula is C27H19NO. The minimum absolute atomic E-state index is 0.150. The Bertz CT molecular complexity index is 1630. The first-order valence-electron chi connectivity index (χ1n) is 10.1. The molecule has 0 spiro atoms. The molecule has 0 amide bonds. The maximum absolute atomic E-state index is 6.44. The Balaban J connectivity index is 1.67. The molecule has 0 atom stereocenters. The van der Waals surface area contributed by atoms with E-state index in [1.807, 2.05) is 6.07 Å². The molecule has 7 rings (SSSR count). The molecule has 2 heterocycles. The fraction of sp³-hybridized carbons (Fsp3) is 0.111. The second-order valence-electron chi connectivity index (χ2n) is 8.67. The molecule has 0 saturated carbocycles. The molecule has 1 aliphatic carbocycles. The van der Waals surface area contributed by atoms with Gasteiger partial charge in [0.1, 0.15) is 11.2 Å². The van der Waals surface area contributed by atoms with E-state index < -0.39 is 0 Å². The molecule has 2 nitrogen and oxygen atoms in total. The first-order chi connectivity index (χ1) is 14.1. The molecule has 6 aromatic rings. The number of aromatic nitrogens is 1. The number of H-pyrrole nitrogens is 1. The normalized spacial score (nSPS) is 14.8. The van der Waals surface area contributed by atoms with Crippen molar-refractivity contribution in [1.29, 1.82) is 0 Å². The van der Waals surface area contributed by atoms with Crippen molar-refractivity contribution in [3.05, 3.63) is 83.9 Å². The van der Waals surface area contributed by atoms with E-state index in [4.69, 9.17) is 4.42 Å². The lowest BCUT2D eigenvalue weighted by molar-refractivity contribution is 0.623. The molecular weight excluding hydrogens is 354 g/mol. The van der Waals surface area contributed by atoms with Crippen LogP contribution < -0.4 is 0 Å². The van der Waals surface area contributed by atoms with Crippen molar-refractivity contribution in [1.82, 2.24) is 4.98 Å². The first-order valence-corrected chi connectivity index (χ1v) is 10.1. The molecule has 2 heteroatoms. The average Bonchev–Trinajstić information content (AvgIpc) is 3.36. The summed E-state index contributed by atoms with van der Waals surface area (Å²) in [6.45, 7) is 4.68. The van der Waals surface area contributed by atoms with E-state index in [1.54, 1.807) is 0 Å². The van der Waals surface area contributed by atoms with E-state index >= 15 is 0 Å². The molecule has 1 N–H and O–H groups in total. The smallest absolute Gasteiger partial charge is 0.140 e. The number of benzene rings is 4. The molecule has 2 aromatic heterocycles. The van der Waals surface area contributed by atoms with Gasteiger partial charge in [0.05, 0.1) is 0 Å². The van der Waals surface area contributed by atoms with E-state index in [1.165, 1.54) is 54.8 Å². The third kappa shape index (κ3) is 1.73. The molecule has 0 bridgehead atoms. The van der Waals surface area contributed by atoms with Crippen LogP contribution in [0, 0.1) is 0 Å². The summed E-state index contributed by atoms with van der Waals surface area (Å²) >= 11 is 0. The lowest BCUT2D eigenvalue weighted by Crippen LogP contribution is -2.15. The van der Waals surface area contributed by atoms with Gasteiger partial charge in [0.15, 0.2) is 0 Å². The molecule has 0 radical (unpaired) electrons. The van der Waals surface area contributed by atoms with Crippen molar-refractivity contribution in [2.45, 2.75) is 19.3 Å². The fourth-order valence-electron chi connectivity index (χ4n) is 5.57. The summed E-state index contributed by atoms with van der Waals surface area (Å²) in [5, 5.41) is 5.02. The van der Waals surface area contributed by atoms with E-state index in [-0.39, 0.29) is 5.41 Å². The van der Waals surface area contributed by atoms with Crippen molar-refractivity contribution in [2.75, 3.05) is 0 Å². The van der Waals surface area contributed by atoms with Gasteiger partial charge in [0.2, 0.25) is 0 Å². The van der Waals surface area contributed by atoms with Crippen LogP contribution >= 0.6 is 0 Å². The predicted octanol–water partition coefficient (Wildman–Crippen LogP) is 7.53. The predicted molar refractivity (Wildman–Crippen MR) is 121 cm³/mol. The average molecular weight is 373 g/mol. The molecule has 0 aliphatic heterocycles. The molecule has 138 valence electrons. The third-order valence-corrected chi connectivity index (χ3v) is 6.76. The van der Waals surface area contributed by atoms with Crippen LogP contribution in [0.25, 0.3) is 54.9 Å². The van der Waals surface area contributed by atoms with Crippen molar-refractivity contribution < 1.29 is 4.42 Å². The highest BCUT2D eigenvalue weighted by molar-refractivity contribution is 6.15. The maximum atomic E-state index is 6.44. The minimum Gasteiger partial charge on any atom is -0.456 e. The Morgan fingerprint density at radius 1 is 0.655 bits per heavy atom. The van der Waals surface area contributed by atoms with Crippen LogP contribution in [-0.4, -0.2) is 4.98 Å². The second kappa shape index (κ2) is 4.90. The lowest BCUT2D eigenvalue weighted by atomic mass is 9.80. The number of nitrogens with one attached hydrogen (secondary N) is 1. The SMILES string of the molecule is CC1(C)c2c(ccc3c2oc2ccccc23)-c2ccc3[nH]c4ccccc4c3c21. The summed E-state index contributed by atoms with van der Waals surface area (Å²) in [7, 11) is 0. The summed E-state index contributed by atoms with van der Waals surface area (Å²) in [6.07, 6.45) is 0. The van der Waals surface area contributed by atoms with Gasteiger partial charge in [-0.15, -0.1) is 0 Å². The van der Waals surface area contributed by atoms with Gasteiger partial charge in [-0.1, -0.05) is 62.4 Å². The summed E-state index contributed by atoms with van der Waals surface area (Å²) < 4.78 is 6.44. The molecule has 0 unspecified atom stereocenters. The number of furan rings is 1. The van der Waals surface area contributed by atoms with Crippen LogP contribution in [0.4, 0.5) is 0 Å². The fourth-order valence-corrected chi connectivity index (χ4v) is 5.57. The van der Waals surface area contributed by atoms with Gasteiger partial charge in [-0.2, -0.15) is 0 Å². The van der Waals surface area contributed by atoms with Crippen LogP contribution in [0.5, 0.6) is 0 Å². The molecule has 0 saturated heterocycles. The molecule has 0 fully saturated rings. The van der Waals surface area contributed by atoms with Crippen LogP contribution in [0.15, 0.2) is 77.2 Å². The van der Waals surface area contributed by atoms with Crippen LogP contribution in [0.1, 0.15) is 25.0 Å². The highest BCUT2D eigenvalue weighted by atomic mass is 16.3. The highest BCUT2D eigenvalue weighted by Crippen LogP contribution is 2.55. The highest BCUT2D eigenvalue weighted by Gasteiger charge is 2.40. The molecule has 1 aliphatic rings. The summed E-state index contributed by atoms with van der Waals surface area (Å²) in [5.74, 6) is 0. The largest absolute Gasteiger partial charge is 0.456 e. The van der Waals surface area contributed by atoms with Crippen molar-refractivity contribution >= 4 is 43.7 Å².